The van der Waals surface area contributed by atoms with E-state index in [1.165, 1.54) is 0 Å². The van der Waals surface area contributed by atoms with Crippen molar-refractivity contribution < 1.29 is 24.2 Å². The highest BCUT2D eigenvalue weighted by Gasteiger charge is 2.31. The van der Waals surface area contributed by atoms with Crippen LogP contribution in [0.25, 0.3) is 0 Å². The van der Waals surface area contributed by atoms with Crippen LogP contribution in [0.4, 0.5) is 0 Å². The fourth-order valence-corrected chi connectivity index (χ4v) is 2.26. The van der Waals surface area contributed by atoms with Gasteiger partial charge in [-0.15, -0.1) is 0 Å². The van der Waals surface area contributed by atoms with Crippen LogP contribution in [0.15, 0.2) is 24.3 Å². The van der Waals surface area contributed by atoms with Crippen LogP contribution in [0.3, 0.4) is 0 Å². The Balaban J connectivity index is 2.13. The van der Waals surface area contributed by atoms with Gasteiger partial charge in [-0.1, -0.05) is 24.3 Å². The molecule has 1 aliphatic rings. The quantitative estimate of drug-likeness (QED) is 0.691. The minimum atomic E-state index is -1.35. The van der Waals surface area contributed by atoms with Gasteiger partial charge in [0.25, 0.3) is 5.91 Å². The van der Waals surface area contributed by atoms with Gasteiger partial charge in [-0.2, -0.15) is 0 Å². The standard InChI is InChI=1S/C14H16N2O5/c15-11(17)7-10(14(19)20)16-13(18)12-9-4-2-1-3-8(9)5-6-21-12/h1-4,10,12H,5-7H2,(H2,15,17)(H,16,18)(H,19,20)/t10-,12?/m1/s1. The number of amides is 2. The van der Waals surface area contributed by atoms with E-state index in [4.69, 9.17) is 15.6 Å². The molecule has 0 fully saturated rings. The number of ether oxygens (including phenoxy) is 1. The van der Waals surface area contributed by atoms with Crippen molar-refractivity contribution in [2.24, 2.45) is 5.73 Å². The summed E-state index contributed by atoms with van der Waals surface area (Å²) in [4.78, 5) is 34.1. The summed E-state index contributed by atoms with van der Waals surface area (Å²) in [6.07, 6.45) is -0.636. The molecule has 2 amide bonds. The van der Waals surface area contributed by atoms with Crippen LogP contribution in [0.2, 0.25) is 0 Å². The number of carbonyl (C=O) groups excluding carboxylic acids is 2. The lowest BCUT2D eigenvalue weighted by molar-refractivity contribution is -0.146. The maximum absolute atomic E-state index is 12.2. The number of carboxylic acid groups (broad SMARTS) is 1. The van der Waals surface area contributed by atoms with Crippen molar-refractivity contribution in [1.29, 1.82) is 0 Å². The Morgan fingerprint density at radius 1 is 1.38 bits per heavy atom. The van der Waals surface area contributed by atoms with E-state index in [2.05, 4.69) is 5.32 Å². The van der Waals surface area contributed by atoms with Crippen molar-refractivity contribution in [2.75, 3.05) is 6.61 Å². The maximum atomic E-state index is 12.2. The molecular formula is C14H16N2O5. The van der Waals surface area contributed by atoms with Crippen LogP contribution < -0.4 is 11.1 Å². The van der Waals surface area contributed by atoms with Crippen molar-refractivity contribution in [3.05, 3.63) is 35.4 Å². The van der Waals surface area contributed by atoms with Gasteiger partial charge in [0.2, 0.25) is 5.91 Å². The molecule has 0 aromatic heterocycles. The summed E-state index contributed by atoms with van der Waals surface area (Å²) in [6, 6.07) is 5.96. The number of fused-ring (bicyclic) bond motifs is 1. The first-order valence-corrected chi connectivity index (χ1v) is 6.50. The van der Waals surface area contributed by atoms with Gasteiger partial charge in [0.05, 0.1) is 13.0 Å². The van der Waals surface area contributed by atoms with Crippen molar-refractivity contribution in [3.8, 4) is 0 Å². The minimum Gasteiger partial charge on any atom is -0.480 e. The van der Waals surface area contributed by atoms with E-state index in [9.17, 15) is 14.4 Å². The molecule has 1 aromatic carbocycles. The number of carbonyl (C=O) groups is 3. The number of hydrogen-bond acceptors (Lipinski definition) is 4. The average Bonchev–Trinajstić information content (AvgIpc) is 2.45. The molecule has 2 atom stereocenters. The van der Waals surface area contributed by atoms with E-state index < -0.39 is 36.4 Å². The molecule has 0 saturated carbocycles. The average molecular weight is 292 g/mol. The molecule has 2 rings (SSSR count). The summed E-state index contributed by atoms with van der Waals surface area (Å²) in [5.74, 6) is -2.70. The third-order valence-electron chi connectivity index (χ3n) is 3.25. The number of nitrogens with one attached hydrogen (secondary N) is 1. The number of primary amides is 1. The Labute approximate surface area is 121 Å². The molecule has 0 radical (unpaired) electrons. The van der Waals surface area contributed by atoms with Crippen molar-refractivity contribution in [3.63, 3.8) is 0 Å². The number of carboxylic acids is 1. The third kappa shape index (κ3) is 3.57. The van der Waals surface area contributed by atoms with E-state index in [-0.39, 0.29) is 0 Å². The SMILES string of the molecule is NC(=O)C[C@@H](NC(=O)C1OCCc2ccccc21)C(=O)O. The molecule has 0 spiro atoms. The Bertz CT molecular complexity index is 572. The predicted molar refractivity (Wildman–Crippen MR) is 72.2 cm³/mol. The fraction of sp³-hybridized carbons (Fsp3) is 0.357. The van der Waals surface area contributed by atoms with Crippen molar-refractivity contribution in [1.82, 2.24) is 5.32 Å². The molecular weight excluding hydrogens is 276 g/mol. The van der Waals surface area contributed by atoms with E-state index in [1.54, 1.807) is 12.1 Å². The molecule has 1 aromatic rings. The van der Waals surface area contributed by atoms with Crippen LogP contribution in [0.1, 0.15) is 23.7 Å². The topological polar surface area (TPSA) is 119 Å². The van der Waals surface area contributed by atoms with Crippen LogP contribution in [-0.2, 0) is 25.5 Å². The van der Waals surface area contributed by atoms with Crippen LogP contribution >= 0.6 is 0 Å². The van der Waals surface area contributed by atoms with E-state index in [0.717, 1.165) is 5.56 Å². The smallest absolute Gasteiger partial charge is 0.326 e. The molecule has 1 heterocycles. The minimum absolute atomic E-state index is 0.378. The van der Waals surface area contributed by atoms with E-state index in [1.807, 2.05) is 12.1 Å². The first-order chi connectivity index (χ1) is 9.99. The summed E-state index contributed by atoms with van der Waals surface area (Å²) in [5.41, 5.74) is 6.68. The maximum Gasteiger partial charge on any atom is 0.326 e. The van der Waals surface area contributed by atoms with Crippen molar-refractivity contribution >= 4 is 17.8 Å². The lowest BCUT2D eigenvalue weighted by Crippen LogP contribution is -2.46. The highest BCUT2D eigenvalue weighted by atomic mass is 16.5. The molecule has 0 aliphatic carbocycles. The van der Waals surface area contributed by atoms with Gasteiger partial charge in [0.1, 0.15) is 6.04 Å². The molecule has 21 heavy (non-hydrogen) atoms. The van der Waals surface area contributed by atoms with Crippen molar-refractivity contribution in [2.45, 2.75) is 25.0 Å². The highest BCUT2D eigenvalue weighted by molar-refractivity contribution is 5.90. The second-order valence-electron chi connectivity index (χ2n) is 4.77. The summed E-state index contributed by atoms with van der Waals surface area (Å²) >= 11 is 0. The Hall–Kier alpha value is -2.41. The summed E-state index contributed by atoms with van der Waals surface area (Å²) < 4.78 is 5.43. The van der Waals surface area contributed by atoms with Crippen LogP contribution in [0, 0.1) is 0 Å². The largest absolute Gasteiger partial charge is 0.480 e. The zero-order valence-corrected chi connectivity index (χ0v) is 11.2. The number of nitrogens with two attached hydrogens (primary N) is 1. The Kier molecular flexibility index (Phi) is 4.54. The monoisotopic (exact) mass is 292 g/mol. The summed E-state index contributed by atoms with van der Waals surface area (Å²) in [7, 11) is 0. The number of aliphatic carboxylic acids is 1. The first-order valence-electron chi connectivity index (χ1n) is 6.50. The first kappa shape index (κ1) is 15.0. The molecule has 7 nitrogen and oxygen atoms in total. The molecule has 1 aliphatic heterocycles. The zero-order valence-electron chi connectivity index (χ0n) is 11.2. The number of rotatable bonds is 5. The highest BCUT2D eigenvalue weighted by Crippen LogP contribution is 2.27. The second kappa shape index (κ2) is 6.36. The number of benzene rings is 1. The third-order valence-corrected chi connectivity index (χ3v) is 3.25. The van der Waals surface area contributed by atoms with Crippen LogP contribution in [-0.4, -0.2) is 35.5 Å². The molecule has 4 N–H and O–H groups in total. The van der Waals surface area contributed by atoms with Gasteiger partial charge >= 0.3 is 5.97 Å². The normalized spacial score (nSPS) is 18.4. The molecule has 1 unspecified atom stereocenters. The lowest BCUT2D eigenvalue weighted by atomic mass is 9.97. The van der Waals surface area contributed by atoms with Gasteiger partial charge in [-0.05, 0) is 17.5 Å². The fourth-order valence-electron chi connectivity index (χ4n) is 2.26. The summed E-state index contributed by atoms with van der Waals surface area (Å²) in [5, 5.41) is 11.3. The van der Waals surface area contributed by atoms with Gasteiger partial charge in [-0.25, -0.2) is 4.79 Å². The molecule has 112 valence electrons. The van der Waals surface area contributed by atoms with Gasteiger partial charge in [-0.3, -0.25) is 9.59 Å². The predicted octanol–water partition coefficient (Wildman–Crippen LogP) is -0.255. The molecule has 0 saturated heterocycles. The van der Waals surface area contributed by atoms with E-state index >= 15 is 0 Å². The Morgan fingerprint density at radius 2 is 2.10 bits per heavy atom. The van der Waals surface area contributed by atoms with Crippen LogP contribution in [0.5, 0.6) is 0 Å². The summed E-state index contributed by atoms with van der Waals surface area (Å²) in [6.45, 7) is 0.378. The molecule has 0 bridgehead atoms. The zero-order chi connectivity index (χ0) is 15.4. The Morgan fingerprint density at radius 3 is 2.76 bits per heavy atom. The second-order valence-corrected chi connectivity index (χ2v) is 4.77. The van der Waals surface area contributed by atoms with Gasteiger partial charge in [0.15, 0.2) is 6.10 Å². The van der Waals surface area contributed by atoms with Gasteiger partial charge in [0, 0.05) is 0 Å². The lowest BCUT2D eigenvalue weighted by Gasteiger charge is -2.26. The molecule has 7 heteroatoms. The van der Waals surface area contributed by atoms with Gasteiger partial charge < -0.3 is 20.9 Å². The van der Waals surface area contributed by atoms with E-state index in [0.29, 0.717) is 18.6 Å². The number of hydrogen-bond donors (Lipinski definition) is 3.